The second kappa shape index (κ2) is 34.6. The maximum atomic E-state index is 13.0. The summed E-state index contributed by atoms with van der Waals surface area (Å²) < 4.78 is 17.0. The lowest BCUT2D eigenvalue weighted by atomic mass is 9.89. The van der Waals surface area contributed by atoms with Crippen LogP contribution in [0.15, 0.2) is 0 Å². The molecule has 2 atom stereocenters. The SMILES string of the molecule is CCN(C)CCOC(=O)C(CCCCCCCCCC(=O)OCC(CCC(C)C)C(C)C)CCCCCCCCCC(=O)OCC(CCC(C)C)C(C)C. The van der Waals surface area contributed by atoms with Crippen molar-refractivity contribution in [3.05, 3.63) is 0 Å². The van der Waals surface area contributed by atoms with E-state index < -0.39 is 0 Å². The topological polar surface area (TPSA) is 82.1 Å². The Bertz CT molecular complexity index is 845. The molecule has 7 nitrogen and oxygen atoms in total. The van der Waals surface area contributed by atoms with Crippen LogP contribution in [-0.2, 0) is 28.6 Å². The van der Waals surface area contributed by atoms with Crippen LogP contribution < -0.4 is 0 Å². The highest BCUT2D eigenvalue weighted by atomic mass is 16.5. The van der Waals surface area contributed by atoms with Crippen molar-refractivity contribution in [2.45, 2.75) is 204 Å². The van der Waals surface area contributed by atoms with E-state index in [2.05, 4.69) is 74.3 Å². The summed E-state index contributed by atoms with van der Waals surface area (Å²) in [5.74, 6) is 3.26. The maximum Gasteiger partial charge on any atom is 0.308 e. The molecule has 0 spiro atoms. The molecule has 0 aliphatic heterocycles. The molecule has 2 unspecified atom stereocenters. The Kier molecular flexibility index (Phi) is 33.6. The van der Waals surface area contributed by atoms with Gasteiger partial charge in [0.15, 0.2) is 0 Å². The molecule has 0 aliphatic carbocycles. The normalized spacial score (nSPS) is 13.6. The van der Waals surface area contributed by atoms with E-state index >= 15 is 0 Å². The standard InChI is InChI=1S/C47H91NO6/c1-11-48(10)34-35-52-47(51)42(26-22-18-14-12-16-20-24-28-45(49)53-36-43(40(6)7)32-30-38(2)3)27-23-19-15-13-17-21-25-29-46(50)54-37-44(41(8)9)33-31-39(4)5/h38-44H,11-37H2,1-10H3. The molecule has 0 amide bonds. The van der Waals surface area contributed by atoms with Crippen molar-refractivity contribution in [1.82, 2.24) is 4.90 Å². The van der Waals surface area contributed by atoms with Crippen molar-refractivity contribution < 1.29 is 28.6 Å². The van der Waals surface area contributed by atoms with Gasteiger partial charge in [-0.15, -0.1) is 0 Å². The average Bonchev–Trinajstić information content (AvgIpc) is 3.11. The van der Waals surface area contributed by atoms with Crippen LogP contribution in [0.5, 0.6) is 0 Å². The number of rotatable bonds is 37. The van der Waals surface area contributed by atoms with Gasteiger partial charge in [0.2, 0.25) is 0 Å². The highest BCUT2D eigenvalue weighted by Gasteiger charge is 2.20. The fourth-order valence-electron chi connectivity index (χ4n) is 6.90. The van der Waals surface area contributed by atoms with E-state index in [1.807, 2.05) is 0 Å². The highest BCUT2D eigenvalue weighted by molar-refractivity contribution is 5.72. The first kappa shape index (κ1) is 52.4. The zero-order valence-electron chi connectivity index (χ0n) is 37.5. The van der Waals surface area contributed by atoms with Crippen LogP contribution in [0.25, 0.3) is 0 Å². The Labute approximate surface area is 335 Å². The zero-order chi connectivity index (χ0) is 40.6. The van der Waals surface area contributed by atoms with Crippen LogP contribution in [0, 0.1) is 41.4 Å². The molecule has 0 aromatic heterocycles. The van der Waals surface area contributed by atoms with Crippen molar-refractivity contribution in [2.24, 2.45) is 41.4 Å². The molecule has 0 radical (unpaired) electrons. The first-order valence-electron chi connectivity index (χ1n) is 22.9. The number of nitrogens with zero attached hydrogens (tertiary/aromatic N) is 1. The van der Waals surface area contributed by atoms with Crippen molar-refractivity contribution in [3.8, 4) is 0 Å². The summed E-state index contributed by atoms with van der Waals surface area (Å²) in [5.41, 5.74) is 0. The smallest absolute Gasteiger partial charge is 0.308 e. The molecule has 0 N–H and O–H groups in total. The minimum atomic E-state index is -0.0404. The third-order valence-corrected chi connectivity index (χ3v) is 11.5. The van der Waals surface area contributed by atoms with E-state index in [0.717, 1.165) is 103 Å². The number of carbonyl (C=O) groups is 3. The lowest BCUT2D eigenvalue weighted by molar-refractivity contribution is -0.149. The van der Waals surface area contributed by atoms with Crippen LogP contribution in [0.2, 0.25) is 0 Å². The minimum absolute atomic E-state index is 0.00436. The van der Waals surface area contributed by atoms with E-state index in [1.165, 1.54) is 38.5 Å². The summed E-state index contributed by atoms with van der Waals surface area (Å²) in [6, 6.07) is 0. The van der Waals surface area contributed by atoms with Gasteiger partial charge in [0.05, 0.1) is 19.1 Å². The van der Waals surface area contributed by atoms with Gasteiger partial charge in [0, 0.05) is 19.4 Å². The molecule has 0 fully saturated rings. The summed E-state index contributed by atoms with van der Waals surface area (Å²) in [5, 5.41) is 0. The minimum Gasteiger partial charge on any atom is -0.465 e. The Morgan fingerprint density at radius 3 is 1.20 bits per heavy atom. The fourth-order valence-corrected chi connectivity index (χ4v) is 6.90. The number of esters is 3. The molecule has 320 valence electrons. The molecule has 0 aromatic rings. The number of hydrogen-bond donors (Lipinski definition) is 0. The fraction of sp³-hybridized carbons (Fsp3) is 0.936. The largest absolute Gasteiger partial charge is 0.465 e. The molecule has 0 rings (SSSR count). The summed E-state index contributed by atoms with van der Waals surface area (Å²) >= 11 is 0. The van der Waals surface area contributed by atoms with Gasteiger partial charge >= 0.3 is 17.9 Å². The summed E-state index contributed by atoms with van der Waals surface area (Å²) in [6.45, 7) is 23.3. The van der Waals surface area contributed by atoms with E-state index in [4.69, 9.17) is 14.2 Å². The number of carbonyl (C=O) groups excluding carboxylic acids is 3. The second-order valence-electron chi connectivity index (χ2n) is 18.1. The first-order valence-corrected chi connectivity index (χ1v) is 22.9. The third-order valence-electron chi connectivity index (χ3n) is 11.5. The van der Waals surface area contributed by atoms with Gasteiger partial charge < -0.3 is 19.1 Å². The molecule has 7 heteroatoms. The molecule has 0 saturated heterocycles. The van der Waals surface area contributed by atoms with Gasteiger partial charge in [0.25, 0.3) is 0 Å². The van der Waals surface area contributed by atoms with Crippen LogP contribution in [0.3, 0.4) is 0 Å². The van der Waals surface area contributed by atoms with Crippen molar-refractivity contribution in [3.63, 3.8) is 0 Å². The van der Waals surface area contributed by atoms with Gasteiger partial charge in [0.1, 0.15) is 6.61 Å². The van der Waals surface area contributed by atoms with E-state index in [0.29, 0.717) is 68.2 Å². The Morgan fingerprint density at radius 2 is 0.852 bits per heavy atom. The number of unbranched alkanes of at least 4 members (excludes halogenated alkanes) is 12. The van der Waals surface area contributed by atoms with Gasteiger partial charge in [-0.25, -0.2) is 0 Å². The molecule has 0 saturated carbocycles. The molecular weight excluding hydrogens is 675 g/mol. The van der Waals surface area contributed by atoms with Crippen molar-refractivity contribution in [2.75, 3.05) is 40.0 Å². The number of likely N-dealkylation sites (N-methyl/N-ethyl adjacent to an activating group) is 1. The zero-order valence-corrected chi connectivity index (χ0v) is 37.5. The molecular formula is C47H91NO6. The van der Waals surface area contributed by atoms with Crippen LogP contribution >= 0.6 is 0 Å². The van der Waals surface area contributed by atoms with Crippen molar-refractivity contribution in [1.29, 1.82) is 0 Å². The molecule has 0 bridgehead atoms. The van der Waals surface area contributed by atoms with E-state index in [9.17, 15) is 14.4 Å². The van der Waals surface area contributed by atoms with Gasteiger partial charge in [-0.3, -0.25) is 14.4 Å². The molecule has 0 aliphatic rings. The summed E-state index contributed by atoms with van der Waals surface area (Å²) in [6.07, 6.45) is 22.9. The van der Waals surface area contributed by atoms with Crippen LogP contribution in [-0.4, -0.2) is 62.8 Å². The van der Waals surface area contributed by atoms with Gasteiger partial charge in [-0.2, -0.15) is 0 Å². The predicted octanol–water partition coefficient (Wildman–Crippen LogP) is 12.6. The first-order chi connectivity index (χ1) is 25.8. The molecule has 0 aromatic carbocycles. The maximum absolute atomic E-state index is 13.0. The van der Waals surface area contributed by atoms with E-state index in [1.54, 1.807) is 0 Å². The molecule has 0 heterocycles. The number of hydrogen-bond acceptors (Lipinski definition) is 7. The summed E-state index contributed by atoms with van der Waals surface area (Å²) in [7, 11) is 2.05. The van der Waals surface area contributed by atoms with Crippen LogP contribution in [0.4, 0.5) is 0 Å². The van der Waals surface area contributed by atoms with Gasteiger partial charge in [-0.05, 0) is 87.6 Å². The highest BCUT2D eigenvalue weighted by Crippen LogP contribution is 2.24. The van der Waals surface area contributed by atoms with Crippen molar-refractivity contribution >= 4 is 17.9 Å². The average molecular weight is 766 g/mol. The quantitative estimate of drug-likeness (QED) is 0.0354. The van der Waals surface area contributed by atoms with Gasteiger partial charge in [-0.1, -0.05) is 152 Å². The lowest BCUT2D eigenvalue weighted by Crippen LogP contribution is -2.26. The molecule has 54 heavy (non-hydrogen) atoms. The van der Waals surface area contributed by atoms with E-state index in [-0.39, 0.29) is 23.8 Å². The second-order valence-corrected chi connectivity index (χ2v) is 18.1. The monoisotopic (exact) mass is 766 g/mol. The third kappa shape index (κ3) is 31.6. The number of ether oxygens (including phenoxy) is 3. The Morgan fingerprint density at radius 1 is 0.481 bits per heavy atom. The summed E-state index contributed by atoms with van der Waals surface area (Å²) in [4.78, 5) is 39.8. The Hall–Kier alpha value is -1.63. The van der Waals surface area contributed by atoms with Crippen LogP contribution in [0.1, 0.15) is 204 Å². The predicted molar refractivity (Wildman–Crippen MR) is 227 cm³/mol. The Balaban J connectivity index is 4.25. The lowest BCUT2D eigenvalue weighted by Gasteiger charge is -2.21.